The fourth-order valence-corrected chi connectivity index (χ4v) is 3.69. The van der Waals surface area contributed by atoms with Crippen molar-refractivity contribution in [1.82, 2.24) is 9.80 Å². The summed E-state index contributed by atoms with van der Waals surface area (Å²) < 4.78 is 16.1. The van der Waals surface area contributed by atoms with E-state index in [1.54, 1.807) is 37.3 Å². The predicted molar refractivity (Wildman–Crippen MR) is 96.9 cm³/mol. The number of ether oxygens (including phenoxy) is 3. The molecule has 0 aromatic heterocycles. The van der Waals surface area contributed by atoms with Crippen molar-refractivity contribution in [3.8, 4) is 11.5 Å². The molecule has 7 heteroatoms. The molecule has 1 atom stereocenters. The molecule has 1 aromatic rings. The van der Waals surface area contributed by atoms with E-state index in [9.17, 15) is 9.90 Å². The van der Waals surface area contributed by atoms with Gasteiger partial charge in [-0.1, -0.05) is 0 Å². The van der Waals surface area contributed by atoms with Gasteiger partial charge in [-0.15, -0.1) is 0 Å². The lowest BCUT2D eigenvalue weighted by molar-refractivity contribution is -0.0524. The van der Waals surface area contributed by atoms with Crippen molar-refractivity contribution in [3.63, 3.8) is 0 Å². The van der Waals surface area contributed by atoms with Crippen LogP contribution in [0, 0.1) is 0 Å². The summed E-state index contributed by atoms with van der Waals surface area (Å²) in [7, 11) is 3.10. The Bertz CT molecular complexity index is 632. The summed E-state index contributed by atoms with van der Waals surface area (Å²) in [6.45, 7) is 3.90. The number of benzene rings is 1. The van der Waals surface area contributed by atoms with Gasteiger partial charge < -0.3 is 29.1 Å². The summed E-state index contributed by atoms with van der Waals surface area (Å²) in [4.78, 5) is 16.9. The van der Waals surface area contributed by atoms with E-state index in [1.165, 1.54) is 0 Å². The Balaban J connectivity index is 1.75. The molecule has 1 aromatic carbocycles. The number of carbonyl (C=O) groups is 1. The van der Waals surface area contributed by atoms with Crippen molar-refractivity contribution < 1.29 is 24.1 Å². The second-order valence-electron chi connectivity index (χ2n) is 7.06. The third-order valence-electron chi connectivity index (χ3n) is 5.00. The van der Waals surface area contributed by atoms with Crippen molar-refractivity contribution in [2.24, 2.45) is 0 Å². The highest BCUT2D eigenvalue weighted by Gasteiger charge is 2.37. The van der Waals surface area contributed by atoms with Crippen LogP contribution in [-0.2, 0) is 4.74 Å². The molecule has 1 N–H and O–H groups in total. The summed E-state index contributed by atoms with van der Waals surface area (Å²) in [5.41, 5.74) is -0.541. The first kappa shape index (κ1) is 18.9. The van der Waals surface area contributed by atoms with Gasteiger partial charge in [-0.2, -0.15) is 0 Å². The van der Waals surface area contributed by atoms with E-state index in [1.807, 2.05) is 0 Å². The molecule has 7 nitrogen and oxygen atoms in total. The smallest absolute Gasteiger partial charge is 0.254 e. The number of nitrogens with zero attached hydrogens (tertiary/aromatic N) is 2. The SMILES string of the molecule is COc1ccc(C(=O)N2CCOC[C@](O)(CN3CCCC3)C2)cc1OC. The molecule has 3 rings (SSSR count). The molecule has 0 aliphatic carbocycles. The van der Waals surface area contributed by atoms with E-state index >= 15 is 0 Å². The molecule has 2 fully saturated rings. The molecule has 0 saturated carbocycles. The maximum Gasteiger partial charge on any atom is 0.254 e. The lowest BCUT2D eigenvalue weighted by atomic mass is 10.0. The van der Waals surface area contributed by atoms with Gasteiger partial charge in [-0.3, -0.25) is 4.79 Å². The summed E-state index contributed by atoms with van der Waals surface area (Å²) >= 11 is 0. The lowest BCUT2D eigenvalue weighted by Gasteiger charge is -2.34. The average molecular weight is 364 g/mol. The minimum Gasteiger partial charge on any atom is -0.493 e. The van der Waals surface area contributed by atoms with E-state index in [0.717, 1.165) is 25.9 Å². The minimum absolute atomic E-state index is 0.142. The quantitative estimate of drug-likeness (QED) is 0.841. The van der Waals surface area contributed by atoms with Crippen molar-refractivity contribution in [2.45, 2.75) is 18.4 Å². The summed E-state index contributed by atoms with van der Waals surface area (Å²) in [6.07, 6.45) is 2.32. The van der Waals surface area contributed by atoms with Gasteiger partial charge in [0.1, 0.15) is 5.60 Å². The standard InChI is InChI=1S/C19H28N2O5/c1-24-16-6-5-15(11-17(16)25-2)18(22)21-9-10-26-14-19(23,13-21)12-20-7-3-4-8-20/h5-6,11,23H,3-4,7-10,12-14H2,1-2H3/t19-/m0/s1. The van der Waals surface area contributed by atoms with E-state index in [2.05, 4.69) is 4.90 Å². The Labute approximate surface area is 154 Å². The highest BCUT2D eigenvalue weighted by molar-refractivity contribution is 5.95. The van der Waals surface area contributed by atoms with Crippen LogP contribution in [-0.4, -0.2) is 86.6 Å². The maximum absolute atomic E-state index is 13.0. The number of β-amino-alcohol motifs (C(OH)–C–C–N with tert-alkyl or cyclic N) is 1. The van der Waals surface area contributed by atoms with E-state index < -0.39 is 5.60 Å². The van der Waals surface area contributed by atoms with Gasteiger partial charge >= 0.3 is 0 Å². The van der Waals surface area contributed by atoms with Gasteiger partial charge in [0, 0.05) is 18.7 Å². The maximum atomic E-state index is 13.0. The fraction of sp³-hybridized carbons (Fsp3) is 0.632. The molecule has 2 heterocycles. The van der Waals surface area contributed by atoms with Crippen LogP contribution in [0.3, 0.4) is 0 Å². The molecule has 2 aliphatic heterocycles. The number of hydrogen-bond acceptors (Lipinski definition) is 6. The zero-order valence-electron chi connectivity index (χ0n) is 15.6. The number of aliphatic hydroxyl groups is 1. The molecular formula is C19H28N2O5. The Morgan fingerprint density at radius 3 is 2.62 bits per heavy atom. The Hall–Kier alpha value is -1.83. The zero-order valence-corrected chi connectivity index (χ0v) is 15.6. The number of amides is 1. The van der Waals surface area contributed by atoms with Crippen molar-refractivity contribution >= 4 is 5.91 Å². The van der Waals surface area contributed by atoms with Gasteiger partial charge in [0.05, 0.1) is 34.0 Å². The second-order valence-corrected chi connectivity index (χ2v) is 7.06. The molecule has 0 spiro atoms. The number of hydrogen-bond donors (Lipinski definition) is 1. The molecule has 0 radical (unpaired) electrons. The molecule has 26 heavy (non-hydrogen) atoms. The first-order chi connectivity index (χ1) is 12.5. The first-order valence-corrected chi connectivity index (χ1v) is 9.08. The van der Waals surface area contributed by atoms with Gasteiger partial charge in [-0.05, 0) is 44.1 Å². The monoisotopic (exact) mass is 364 g/mol. The van der Waals surface area contributed by atoms with E-state index in [0.29, 0.717) is 36.8 Å². The van der Waals surface area contributed by atoms with Crippen LogP contribution in [0.4, 0.5) is 0 Å². The number of likely N-dealkylation sites (tertiary alicyclic amines) is 1. The molecule has 0 unspecified atom stereocenters. The topological polar surface area (TPSA) is 71.5 Å². The Morgan fingerprint density at radius 1 is 1.19 bits per heavy atom. The minimum atomic E-state index is -1.05. The summed E-state index contributed by atoms with van der Waals surface area (Å²) in [5, 5.41) is 11.1. The van der Waals surface area contributed by atoms with Gasteiger partial charge in [0.2, 0.25) is 0 Å². The van der Waals surface area contributed by atoms with E-state index in [-0.39, 0.29) is 19.1 Å². The average Bonchev–Trinajstić information content (AvgIpc) is 3.07. The van der Waals surface area contributed by atoms with Crippen LogP contribution >= 0.6 is 0 Å². The van der Waals surface area contributed by atoms with E-state index in [4.69, 9.17) is 14.2 Å². The largest absolute Gasteiger partial charge is 0.493 e. The first-order valence-electron chi connectivity index (χ1n) is 9.08. The van der Waals surface area contributed by atoms with Crippen LogP contribution in [0.2, 0.25) is 0 Å². The van der Waals surface area contributed by atoms with Gasteiger partial charge in [0.25, 0.3) is 5.91 Å². The third-order valence-corrected chi connectivity index (χ3v) is 5.00. The van der Waals surface area contributed by atoms with Gasteiger partial charge in [-0.25, -0.2) is 0 Å². The van der Waals surface area contributed by atoms with Crippen molar-refractivity contribution in [3.05, 3.63) is 23.8 Å². The number of rotatable bonds is 5. The number of carbonyl (C=O) groups excluding carboxylic acids is 1. The summed E-state index contributed by atoms with van der Waals surface area (Å²) in [5.74, 6) is 0.946. The normalized spacial score (nSPS) is 24.3. The molecule has 1 amide bonds. The highest BCUT2D eigenvalue weighted by Crippen LogP contribution is 2.28. The molecule has 2 saturated heterocycles. The van der Waals surface area contributed by atoms with Crippen LogP contribution in [0.15, 0.2) is 18.2 Å². The number of methoxy groups -OCH3 is 2. The van der Waals surface area contributed by atoms with Crippen LogP contribution in [0.5, 0.6) is 11.5 Å². The molecule has 2 aliphatic rings. The second kappa shape index (κ2) is 8.24. The predicted octanol–water partition coefficient (Wildman–Crippen LogP) is 1.00. The third kappa shape index (κ3) is 4.28. The highest BCUT2D eigenvalue weighted by atomic mass is 16.5. The Kier molecular flexibility index (Phi) is 6.01. The van der Waals surface area contributed by atoms with Crippen LogP contribution in [0.25, 0.3) is 0 Å². The molecule has 144 valence electrons. The Morgan fingerprint density at radius 2 is 1.92 bits per heavy atom. The lowest BCUT2D eigenvalue weighted by Crippen LogP contribution is -2.53. The summed E-state index contributed by atoms with van der Waals surface area (Å²) in [6, 6.07) is 5.11. The fourth-order valence-electron chi connectivity index (χ4n) is 3.69. The van der Waals surface area contributed by atoms with Gasteiger partial charge in [0.15, 0.2) is 11.5 Å². The van der Waals surface area contributed by atoms with Crippen LogP contribution in [0.1, 0.15) is 23.2 Å². The molecule has 0 bridgehead atoms. The van der Waals surface area contributed by atoms with Crippen molar-refractivity contribution in [1.29, 1.82) is 0 Å². The van der Waals surface area contributed by atoms with Crippen molar-refractivity contribution in [2.75, 3.05) is 60.2 Å². The molecular weight excluding hydrogens is 336 g/mol. The van der Waals surface area contributed by atoms with Crippen LogP contribution < -0.4 is 9.47 Å². The zero-order chi connectivity index (χ0) is 18.6.